The molecule has 0 spiro atoms. The minimum Gasteiger partial charge on any atom is -0.492 e. The Labute approximate surface area is 195 Å². The molecule has 0 radical (unpaired) electrons. The minimum atomic E-state index is -0.911. The lowest BCUT2D eigenvalue weighted by atomic mass is 10.1. The lowest BCUT2D eigenvalue weighted by molar-refractivity contribution is -0.147. The number of piperazine rings is 1. The first-order valence-electron chi connectivity index (χ1n) is 11.5. The SMILES string of the molecule is CC(C)COc1ccccc1C(=O)N1CCNC(=O)C1CC(=O)OCCCc1ccccc1. The lowest BCUT2D eigenvalue weighted by Gasteiger charge is -2.35. The van der Waals surface area contributed by atoms with Gasteiger partial charge >= 0.3 is 5.97 Å². The molecule has 3 rings (SSSR count). The summed E-state index contributed by atoms with van der Waals surface area (Å²) >= 11 is 0. The number of nitrogens with zero attached hydrogens (tertiary/aromatic N) is 1. The van der Waals surface area contributed by atoms with Gasteiger partial charge in [0.1, 0.15) is 11.8 Å². The molecule has 0 aliphatic carbocycles. The standard InChI is InChI=1S/C26H32N2O5/c1-19(2)18-33-23-13-7-6-12-21(23)26(31)28-15-14-27-25(30)22(28)17-24(29)32-16-8-11-20-9-4-3-5-10-20/h3-7,9-10,12-13,19,22H,8,11,14-18H2,1-2H3,(H,27,30). The van der Waals surface area contributed by atoms with Crippen molar-refractivity contribution in [3.63, 3.8) is 0 Å². The van der Waals surface area contributed by atoms with Gasteiger partial charge in [-0.05, 0) is 36.5 Å². The number of nitrogens with one attached hydrogen (secondary N) is 1. The van der Waals surface area contributed by atoms with Gasteiger partial charge in [0.25, 0.3) is 5.91 Å². The number of carbonyl (C=O) groups excluding carboxylic acids is 3. The molecule has 1 saturated heterocycles. The fraction of sp³-hybridized carbons (Fsp3) is 0.423. The van der Waals surface area contributed by atoms with Crippen molar-refractivity contribution in [3.05, 3.63) is 65.7 Å². The maximum absolute atomic E-state index is 13.3. The summed E-state index contributed by atoms with van der Waals surface area (Å²) in [5, 5.41) is 2.75. The fourth-order valence-corrected chi connectivity index (χ4v) is 3.66. The van der Waals surface area contributed by atoms with Gasteiger partial charge in [0.05, 0.1) is 25.2 Å². The second kappa shape index (κ2) is 12.0. The van der Waals surface area contributed by atoms with Gasteiger partial charge in [-0.2, -0.15) is 0 Å². The highest BCUT2D eigenvalue weighted by atomic mass is 16.5. The molecule has 0 bridgehead atoms. The van der Waals surface area contributed by atoms with Crippen molar-refractivity contribution in [3.8, 4) is 5.75 Å². The highest BCUT2D eigenvalue weighted by molar-refractivity contribution is 6.01. The Kier molecular flexibility index (Phi) is 8.87. The first-order valence-corrected chi connectivity index (χ1v) is 11.5. The molecule has 2 aromatic rings. The topological polar surface area (TPSA) is 84.9 Å². The normalized spacial score (nSPS) is 15.8. The third kappa shape index (κ3) is 7.07. The van der Waals surface area contributed by atoms with Crippen molar-refractivity contribution in [1.29, 1.82) is 0 Å². The van der Waals surface area contributed by atoms with Crippen LogP contribution in [-0.2, 0) is 20.7 Å². The first kappa shape index (κ1) is 24.3. The number of benzene rings is 2. The number of esters is 1. The Morgan fingerprint density at radius 1 is 1.09 bits per heavy atom. The van der Waals surface area contributed by atoms with Crippen molar-refractivity contribution in [2.24, 2.45) is 5.92 Å². The summed E-state index contributed by atoms with van der Waals surface area (Å²) in [6.07, 6.45) is 1.31. The molecule has 1 heterocycles. The summed E-state index contributed by atoms with van der Waals surface area (Å²) in [6, 6.07) is 16.0. The molecular formula is C26H32N2O5. The van der Waals surface area contributed by atoms with E-state index in [1.54, 1.807) is 24.3 Å². The monoisotopic (exact) mass is 452 g/mol. The van der Waals surface area contributed by atoms with E-state index in [9.17, 15) is 14.4 Å². The van der Waals surface area contributed by atoms with Crippen LogP contribution in [-0.4, -0.2) is 55.0 Å². The number of ether oxygens (including phenoxy) is 2. The van der Waals surface area contributed by atoms with E-state index < -0.39 is 12.0 Å². The van der Waals surface area contributed by atoms with Gasteiger partial charge in [-0.3, -0.25) is 14.4 Å². The van der Waals surface area contributed by atoms with Gasteiger partial charge < -0.3 is 19.7 Å². The Bertz CT molecular complexity index is 945. The third-order valence-electron chi connectivity index (χ3n) is 5.36. The number of hydrogen-bond donors (Lipinski definition) is 1. The summed E-state index contributed by atoms with van der Waals surface area (Å²) in [5.41, 5.74) is 1.56. The van der Waals surface area contributed by atoms with Crippen LogP contribution in [0.25, 0.3) is 0 Å². The van der Waals surface area contributed by atoms with Crippen molar-refractivity contribution < 1.29 is 23.9 Å². The third-order valence-corrected chi connectivity index (χ3v) is 5.36. The van der Waals surface area contributed by atoms with Crippen LogP contribution in [0.3, 0.4) is 0 Å². The number of carbonyl (C=O) groups is 3. The molecule has 1 unspecified atom stereocenters. The van der Waals surface area contributed by atoms with Crippen LogP contribution in [0, 0.1) is 5.92 Å². The van der Waals surface area contributed by atoms with Gasteiger partial charge in [-0.25, -0.2) is 0 Å². The van der Waals surface area contributed by atoms with Gasteiger partial charge in [-0.15, -0.1) is 0 Å². The quantitative estimate of drug-likeness (QED) is 0.442. The van der Waals surface area contributed by atoms with Crippen molar-refractivity contribution in [2.45, 2.75) is 39.2 Å². The molecule has 1 atom stereocenters. The Balaban J connectivity index is 1.60. The lowest BCUT2D eigenvalue weighted by Crippen LogP contribution is -2.57. The van der Waals surface area contributed by atoms with E-state index >= 15 is 0 Å². The molecule has 0 aromatic heterocycles. The highest BCUT2D eigenvalue weighted by Crippen LogP contribution is 2.23. The summed E-state index contributed by atoms with van der Waals surface area (Å²) in [7, 11) is 0. The minimum absolute atomic E-state index is 0.183. The molecule has 7 heteroatoms. The predicted molar refractivity (Wildman–Crippen MR) is 125 cm³/mol. The predicted octanol–water partition coefficient (Wildman–Crippen LogP) is 3.23. The number of hydrogen-bond acceptors (Lipinski definition) is 5. The van der Waals surface area contributed by atoms with Gasteiger partial charge in [0.2, 0.25) is 5.91 Å². The molecular weight excluding hydrogens is 420 g/mol. The van der Waals surface area contributed by atoms with E-state index in [1.165, 1.54) is 10.5 Å². The summed E-state index contributed by atoms with van der Waals surface area (Å²) in [4.78, 5) is 39.8. The maximum Gasteiger partial charge on any atom is 0.308 e. The number of amides is 2. The molecule has 1 aliphatic heterocycles. The zero-order valence-electron chi connectivity index (χ0n) is 19.3. The maximum atomic E-state index is 13.3. The summed E-state index contributed by atoms with van der Waals surface area (Å²) < 4.78 is 11.2. The largest absolute Gasteiger partial charge is 0.492 e. The van der Waals surface area contributed by atoms with E-state index in [2.05, 4.69) is 5.32 Å². The van der Waals surface area contributed by atoms with Gasteiger partial charge in [0, 0.05) is 13.1 Å². The van der Waals surface area contributed by atoms with Crippen LogP contribution < -0.4 is 10.1 Å². The van der Waals surface area contributed by atoms with Crippen molar-refractivity contribution >= 4 is 17.8 Å². The second-order valence-corrected chi connectivity index (χ2v) is 8.52. The van der Waals surface area contributed by atoms with Gasteiger partial charge in [-0.1, -0.05) is 56.3 Å². The van der Waals surface area contributed by atoms with Crippen LogP contribution in [0.5, 0.6) is 5.75 Å². The highest BCUT2D eigenvalue weighted by Gasteiger charge is 2.36. The average Bonchev–Trinajstić information content (AvgIpc) is 2.82. The molecule has 1 aliphatic rings. The van der Waals surface area contributed by atoms with Crippen molar-refractivity contribution in [2.75, 3.05) is 26.3 Å². The van der Waals surface area contributed by atoms with E-state index in [1.807, 2.05) is 44.2 Å². The number of para-hydroxylation sites is 1. The Morgan fingerprint density at radius 3 is 2.58 bits per heavy atom. The molecule has 2 amide bonds. The first-order chi connectivity index (χ1) is 16.0. The molecule has 7 nitrogen and oxygen atoms in total. The van der Waals surface area contributed by atoms with Crippen LogP contribution in [0.1, 0.15) is 42.6 Å². The molecule has 33 heavy (non-hydrogen) atoms. The van der Waals surface area contributed by atoms with Crippen LogP contribution in [0.4, 0.5) is 0 Å². The van der Waals surface area contributed by atoms with Crippen molar-refractivity contribution in [1.82, 2.24) is 10.2 Å². The van der Waals surface area contributed by atoms with Gasteiger partial charge in [0.15, 0.2) is 0 Å². The number of aryl methyl sites for hydroxylation is 1. The molecule has 1 fully saturated rings. The zero-order chi connectivity index (χ0) is 23.6. The number of rotatable bonds is 10. The van der Waals surface area contributed by atoms with Crippen LogP contribution in [0.15, 0.2) is 54.6 Å². The van der Waals surface area contributed by atoms with E-state index in [-0.39, 0.29) is 24.8 Å². The summed E-state index contributed by atoms with van der Waals surface area (Å²) in [6.45, 7) is 5.45. The smallest absolute Gasteiger partial charge is 0.308 e. The second-order valence-electron chi connectivity index (χ2n) is 8.52. The average molecular weight is 453 g/mol. The summed E-state index contributed by atoms with van der Waals surface area (Å²) in [5.74, 6) is -0.391. The van der Waals surface area contributed by atoms with Crippen LogP contribution in [0.2, 0.25) is 0 Å². The molecule has 0 saturated carbocycles. The Morgan fingerprint density at radius 2 is 1.82 bits per heavy atom. The van der Waals surface area contributed by atoms with E-state index in [0.717, 1.165) is 6.42 Å². The molecule has 2 aromatic carbocycles. The zero-order valence-corrected chi connectivity index (χ0v) is 19.3. The fourth-order valence-electron chi connectivity index (χ4n) is 3.66. The van der Waals surface area contributed by atoms with E-state index in [4.69, 9.17) is 9.47 Å². The molecule has 1 N–H and O–H groups in total. The van der Waals surface area contributed by atoms with Crippen LogP contribution >= 0.6 is 0 Å². The molecule has 176 valence electrons. The Hall–Kier alpha value is -3.35. The van der Waals surface area contributed by atoms with E-state index in [0.29, 0.717) is 43.3 Å².